The fourth-order valence-electron chi connectivity index (χ4n) is 5.73. The van der Waals surface area contributed by atoms with Gasteiger partial charge in [0.2, 0.25) is 5.91 Å². The monoisotopic (exact) mass is 559 g/mol. The Morgan fingerprint density at radius 3 is 2.36 bits per heavy atom. The van der Waals surface area contributed by atoms with Gasteiger partial charge in [0.25, 0.3) is 0 Å². The van der Waals surface area contributed by atoms with Gasteiger partial charge in [-0.15, -0.1) is 0 Å². The number of amides is 1. The van der Waals surface area contributed by atoms with E-state index in [1.54, 1.807) is 0 Å². The third kappa shape index (κ3) is 6.90. The number of ether oxygens (including phenoxy) is 2. The maximum absolute atomic E-state index is 13.5. The molecule has 1 saturated heterocycles. The number of nitrogens with zero attached hydrogens (tertiary/aromatic N) is 2. The molecular formula is C36H37N3O3. The van der Waals surface area contributed by atoms with Crippen LogP contribution in [0.25, 0.3) is 10.9 Å². The number of para-hydroxylation sites is 2. The number of carbonyl (C=O) groups is 1. The Bertz CT molecular complexity index is 1590. The van der Waals surface area contributed by atoms with Crippen LogP contribution in [0.2, 0.25) is 0 Å². The van der Waals surface area contributed by atoms with Gasteiger partial charge < -0.3 is 19.4 Å². The second-order valence-electron chi connectivity index (χ2n) is 10.8. The van der Waals surface area contributed by atoms with Crippen LogP contribution in [0.5, 0.6) is 11.5 Å². The van der Waals surface area contributed by atoms with Gasteiger partial charge in [-0.05, 0) is 47.0 Å². The van der Waals surface area contributed by atoms with Crippen molar-refractivity contribution in [3.63, 3.8) is 0 Å². The summed E-state index contributed by atoms with van der Waals surface area (Å²) in [6.45, 7) is 5.54. The summed E-state index contributed by atoms with van der Waals surface area (Å²) in [6, 6.07) is 36.9. The summed E-state index contributed by atoms with van der Waals surface area (Å²) in [6.07, 6.45) is 2.57. The molecule has 2 heterocycles. The number of benzene rings is 4. The normalized spacial score (nSPS) is 14.5. The lowest BCUT2D eigenvalue weighted by Crippen LogP contribution is -2.41. The summed E-state index contributed by atoms with van der Waals surface area (Å²) in [5.41, 5.74) is 4.59. The van der Waals surface area contributed by atoms with Crippen LogP contribution < -0.4 is 10.1 Å². The van der Waals surface area contributed by atoms with Crippen molar-refractivity contribution in [1.82, 2.24) is 14.8 Å². The molecule has 214 valence electrons. The number of hydrogen-bond donors (Lipinski definition) is 1. The molecule has 1 N–H and O–H groups in total. The Morgan fingerprint density at radius 2 is 1.55 bits per heavy atom. The highest BCUT2D eigenvalue weighted by Crippen LogP contribution is 2.37. The summed E-state index contributed by atoms with van der Waals surface area (Å²) >= 11 is 0. The van der Waals surface area contributed by atoms with E-state index in [2.05, 4.69) is 81.6 Å². The molecule has 1 aliphatic rings. The molecule has 1 fully saturated rings. The zero-order valence-electron chi connectivity index (χ0n) is 23.8. The second-order valence-corrected chi connectivity index (χ2v) is 10.8. The Balaban J connectivity index is 1.30. The van der Waals surface area contributed by atoms with Crippen molar-refractivity contribution < 1.29 is 14.3 Å². The van der Waals surface area contributed by atoms with Crippen LogP contribution in [-0.2, 0) is 16.1 Å². The molecule has 6 rings (SSSR count). The lowest BCUT2D eigenvalue weighted by molar-refractivity contribution is -0.121. The first kappa shape index (κ1) is 27.8. The summed E-state index contributed by atoms with van der Waals surface area (Å²) in [4.78, 5) is 15.8. The molecule has 1 aromatic heterocycles. The van der Waals surface area contributed by atoms with E-state index in [4.69, 9.17) is 9.47 Å². The third-order valence-electron chi connectivity index (χ3n) is 7.87. The highest BCUT2D eigenvalue weighted by Gasteiger charge is 2.24. The standard InChI is InChI=1S/C36H37N3O3/c40-36(37-18-19-38-20-22-41-23-21-38)25-33(29-12-9-15-31(24-29)42-30-13-5-2-6-14-30)34-27-39(26-28-10-3-1-4-11-28)35-17-8-7-16-32(34)35/h1-17,24,27,33H,18-23,25-26H2,(H,37,40)/t33-/m0/s1. The summed E-state index contributed by atoms with van der Waals surface area (Å²) in [7, 11) is 0. The zero-order valence-corrected chi connectivity index (χ0v) is 23.8. The molecule has 6 nitrogen and oxygen atoms in total. The number of rotatable bonds is 11. The van der Waals surface area contributed by atoms with Crippen LogP contribution in [0.4, 0.5) is 0 Å². The SMILES string of the molecule is O=C(C[C@@H](c1cccc(Oc2ccccc2)c1)c1cn(Cc2ccccc2)c2ccccc12)NCCN1CCOCC1. The predicted molar refractivity (Wildman–Crippen MR) is 167 cm³/mol. The van der Waals surface area contributed by atoms with E-state index >= 15 is 0 Å². The molecular weight excluding hydrogens is 522 g/mol. The Labute approximate surface area is 247 Å². The van der Waals surface area contributed by atoms with Crippen molar-refractivity contribution in [3.05, 3.63) is 132 Å². The first-order valence-electron chi connectivity index (χ1n) is 14.7. The van der Waals surface area contributed by atoms with E-state index < -0.39 is 0 Å². The van der Waals surface area contributed by atoms with Crippen molar-refractivity contribution in [2.75, 3.05) is 39.4 Å². The molecule has 0 spiro atoms. The molecule has 0 aliphatic carbocycles. The molecule has 5 aromatic rings. The predicted octanol–water partition coefficient (Wildman–Crippen LogP) is 6.45. The van der Waals surface area contributed by atoms with Gasteiger partial charge in [-0.3, -0.25) is 9.69 Å². The highest BCUT2D eigenvalue weighted by molar-refractivity contribution is 5.87. The number of aromatic nitrogens is 1. The lowest BCUT2D eigenvalue weighted by atomic mass is 9.88. The van der Waals surface area contributed by atoms with Crippen LogP contribution in [0.15, 0.2) is 115 Å². The Hall–Kier alpha value is -4.39. The van der Waals surface area contributed by atoms with Gasteiger partial charge in [0.15, 0.2) is 0 Å². The Kier molecular flexibility index (Phi) is 8.93. The van der Waals surface area contributed by atoms with Gasteiger partial charge in [-0.2, -0.15) is 0 Å². The minimum atomic E-state index is -0.144. The number of hydrogen-bond acceptors (Lipinski definition) is 4. The molecule has 0 unspecified atom stereocenters. The number of fused-ring (bicyclic) bond motifs is 1. The van der Waals surface area contributed by atoms with Crippen LogP contribution in [0.1, 0.15) is 29.0 Å². The van der Waals surface area contributed by atoms with Crippen LogP contribution in [-0.4, -0.2) is 54.8 Å². The van der Waals surface area contributed by atoms with Gasteiger partial charge in [0, 0.05) is 62.2 Å². The van der Waals surface area contributed by atoms with E-state index in [0.717, 1.165) is 72.9 Å². The molecule has 0 saturated carbocycles. The molecule has 4 aromatic carbocycles. The van der Waals surface area contributed by atoms with E-state index in [1.165, 1.54) is 5.56 Å². The second kappa shape index (κ2) is 13.5. The maximum atomic E-state index is 13.5. The van der Waals surface area contributed by atoms with E-state index in [0.29, 0.717) is 13.0 Å². The van der Waals surface area contributed by atoms with Gasteiger partial charge >= 0.3 is 0 Å². The minimum absolute atomic E-state index is 0.0440. The topological polar surface area (TPSA) is 55.7 Å². The summed E-state index contributed by atoms with van der Waals surface area (Å²) in [5.74, 6) is 1.44. The molecule has 1 amide bonds. The smallest absolute Gasteiger partial charge is 0.220 e. The molecule has 42 heavy (non-hydrogen) atoms. The fraction of sp³-hybridized carbons (Fsp3) is 0.250. The fourth-order valence-corrected chi connectivity index (χ4v) is 5.73. The quantitative estimate of drug-likeness (QED) is 0.202. The van der Waals surface area contributed by atoms with Crippen LogP contribution >= 0.6 is 0 Å². The van der Waals surface area contributed by atoms with E-state index in [9.17, 15) is 4.79 Å². The van der Waals surface area contributed by atoms with Gasteiger partial charge in [0.1, 0.15) is 11.5 Å². The number of carbonyl (C=O) groups excluding carboxylic acids is 1. The first-order valence-corrected chi connectivity index (χ1v) is 14.7. The average Bonchev–Trinajstić information content (AvgIpc) is 3.39. The van der Waals surface area contributed by atoms with Gasteiger partial charge in [0.05, 0.1) is 13.2 Å². The zero-order chi connectivity index (χ0) is 28.6. The Morgan fingerprint density at radius 1 is 0.833 bits per heavy atom. The van der Waals surface area contributed by atoms with Crippen molar-refractivity contribution in [2.24, 2.45) is 0 Å². The summed E-state index contributed by atoms with van der Waals surface area (Å²) in [5, 5.41) is 4.35. The van der Waals surface area contributed by atoms with Crippen LogP contribution in [0, 0.1) is 0 Å². The molecule has 0 bridgehead atoms. The minimum Gasteiger partial charge on any atom is -0.457 e. The maximum Gasteiger partial charge on any atom is 0.220 e. The van der Waals surface area contributed by atoms with E-state index in [1.807, 2.05) is 48.5 Å². The van der Waals surface area contributed by atoms with Crippen LogP contribution in [0.3, 0.4) is 0 Å². The van der Waals surface area contributed by atoms with E-state index in [-0.39, 0.29) is 11.8 Å². The summed E-state index contributed by atoms with van der Waals surface area (Å²) < 4.78 is 13.9. The molecule has 1 aliphatic heterocycles. The highest BCUT2D eigenvalue weighted by atomic mass is 16.5. The molecule has 0 radical (unpaired) electrons. The van der Waals surface area contributed by atoms with Gasteiger partial charge in [-0.1, -0.05) is 78.9 Å². The van der Waals surface area contributed by atoms with Crippen molar-refractivity contribution in [1.29, 1.82) is 0 Å². The van der Waals surface area contributed by atoms with Gasteiger partial charge in [-0.25, -0.2) is 0 Å². The molecule has 6 heteroatoms. The largest absolute Gasteiger partial charge is 0.457 e. The molecule has 1 atom stereocenters. The third-order valence-corrected chi connectivity index (χ3v) is 7.87. The van der Waals surface area contributed by atoms with Crippen molar-refractivity contribution in [2.45, 2.75) is 18.9 Å². The number of nitrogens with one attached hydrogen (secondary N) is 1. The van der Waals surface area contributed by atoms with Crippen molar-refractivity contribution in [3.8, 4) is 11.5 Å². The lowest BCUT2D eigenvalue weighted by Gasteiger charge is -2.26. The van der Waals surface area contributed by atoms with Crippen molar-refractivity contribution >= 4 is 16.8 Å². The average molecular weight is 560 g/mol. The first-order chi connectivity index (χ1) is 20.7. The number of morpholine rings is 1.